The van der Waals surface area contributed by atoms with Gasteiger partial charge in [0, 0.05) is 5.56 Å². The Morgan fingerprint density at radius 3 is 2.26 bits per heavy atom. The zero-order chi connectivity index (χ0) is 18.1. The number of tetrazole rings is 1. The van der Waals surface area contributed by atoms with E-state index in [-0.39, 0.29) is 0 Å². The predicted molar refractivity (Wildman–Crippen MR) is 103 cm³/mol. The maximum Gasteiger partial charge on any atom is 0.235 e. The third-order valence-electron chi connectivity index (χ3n) is 4.51. The van der Waals surface area contributed by atoms with Gasteiger partial charge in [-0.1, -0.05) is 72.8 Å². The Labute approximate surface area is 155 Å². The molecule has 0 radical (unpaired) electrons. The molecule has 0 aliphatic heterocycles. The third kappa shape index (κ3) is 2.77. The summed E-state index contributed by atoms with van der Waals surface area (Å²) in [5.41, 5.74) is 4.10. The summed E-state index contributed by atoms with van der Waals surface area (Å²) in [6, 6.07) is 28.3. The van der Waals surface area contributed by atoms with Crippen molar-refractivity contribution in [3.8, 4) is 17.3 Å². The number of para-hydroxylation sites is 2. The van der Waals surface area contributed by atoms with E-state index >= 15 is 0 Å². The second-order valence-electron chi connectivity index (χ2n) is 6.25. The van der Waals surface area contributed by atoms with Gasteiger partial charge in [-0.2, -0.15) is 4.68 Å². The molecule has 27 heavy (non-hydrogen) atoms. The average molecular weight is 352 g/mol. The number of hydrogen-bond acceptors (Lipinski definition) is 4. The molecular formula is C21H16N6. The normalized spacial score (nSPS) is 11.1. The molecule has 0 bridgehead atoms. The largest absolute Gasteiger partial charge is 0.304 e. The molecule has 2 aromatic heterocycles. The Morgan fingerprint density at radius 2 is 1.44 bits per heavy atom. The molecule has 3 aromatic carbocycles. The summed E-state index contributed by atoms with van der Waals surface area (Å²) in [5, 5.41) is 12.4. The van der Waals surface area contributed by atoms with Crippen LogP contribution in [0.3, 0.4) is 0 Å². The van der Waals surface area contributed by atoms with Crippen LogP contribution in [0.1, 0.15) is 5.56 Å². The Kier molecular flexibility index (Phi) is 3.72. The van der Waals surface area contributed by atoms with Crippen molar-refractivity contribution in [2.75, 3.05) is 0 Å². The topological polar surface area (TPSA) is 61.4 Å². The minimum atomic E-state index is 0.667. The Hall–Kier alpha value is -3.80. The number of fused-ring (bicyclic) bond motifs is 1. The molecule has 0 fully saturated rings. The maximum atomic E-state index is 4.82. The summed E-state index contributed by atoms with van der Waals surface area (Å²) < 4.78 is 3.85. The van der Waals surface area contributed by atoms with Gasteiger partial charge in [-0.05, 0) is 28.1 Å². The van der Waals surface area contributed by atoms with Gasteiger partial charge in [0.2, 0.25) is 5.95 Å². The van der Waals surface area contributed by atoms with Crippen LogP contribution in [0.5, 0.6) is 0 Å². The van der Waals surface area contributed by atoms with Crippen molar-refractivity contribution in [3.63, 3.8) is 0 Å². The van der Waals surface area contributed by atoms with Gasteiger partial charge in [-0.15, -0.1) is 5.10 Å². The van der Waals surface area contributed by atoms with Crippen LogP contribution in [0.15, 0.2) is 84.9 Å². The Morgan fingerprint density at radius 1 is 0.741 bits per heavy atom. The van der Waals surface area contributed by atoms with Gasteiger partial charge >= 0.3 is 0 Å². The lowest BCUT2D eigenvalue weighted by atomic mass is 10.2. The van der Waals surface area contributed by atoms with Gasteiger partial charge in [0.05, 0.1) is 17.6 Å². The van der Waals surface area contributed by atoms with Crippen molar-refractivity contribution in [1.82, 2.24) is 29.8 Å². The minimum absolute atomic E-state index is 0.667. The highest BCUT2D eigenvalue weighted by Crippen LogP contribution is 2.24. The second kappa shape index (κ2) is 6.49. The molecule has 130 valence electrons. The highest BCUT2D eigenvalue weighted by atomic mass is 15.6. The van der Waals surface area contributed by atoms with E-state index < -0.39 is 0 Å². The first-order valence-corrected chi connectivity index (χ1v) is 8.73. The smallest absolute Gasteiger partial charge is 0.235 e. The molecule has 0 amide bonds. The van der Waals surface area contributed by atoms with E-state index in [1.54, 1.807) is 4.68 Å². The van der Waals surface area contributed by atoms with Crippen molar-refractivity contribution in [1.29, 1.82) is 0 Å². The van der Waals surface area contributed by atoms with Crippen molar-refractivity contribution >= 4 is 11.0 Å². The summed E-state index contributed by atoms with van der Waals surface area (Å²) in [7, 11) is 0. The molecule has 0 saturated carbocycles. The number of rotatable bonds is 4. The van der Waals surface area contributed by atoms with E-state index in [1.165, 1.54) is 5.56 Å². The summed E-state index contributed by atoms with van der Waals surface area (Å²) in [6.07, 6.45) is 0. The van der Waals surface area contributed by atoms with E-state index in [0.29, 0.717) is 18.3 Å². The molecule has 0 N–H and O–H groups in total. The van der Waals surface area contributed by atoms with Gasteiger partial charge in [0.15, 0.2) is 5.82 Å². The first kappa shape index (κ1) is 15.5. The van der Waals surface area contributed by atoms with E-state index in [9.17, 15) is 0 Å². The fourth-order valence-corrected chi connectivity index (χ4v) is 3.24. The average Bonchev–Trinajstić information content (AvgIpc) is 3.35. The van der Waals surface area contributed by atoms with Gasteiger partial charge in [-0.3, -0.25) is 0 Å². The van der Waals surface area contributed by atoms with Crippen LogP contribution in [-0.4, -0.2) is 29.8 Å². The summed E-state index contributed by atoms with van der Waals surface area (Å²) >= 11 is 0. The Bertz CT molecular complexity index is 1190. The van der Waals surface area contributed by atoms with Gasteiger partial charge < -0.3 is 4.57 Å². The summed E-state index contributed by atoms with van der Waals surface area (Å²) in [6.45, 7) is 0.685. The fourth-order valence-electron chi connectivity index (χ4n) is 3.24. The first-order valence-electron chi connectivity index (χ1n) is 8.73. The predicted octanol–water partition coefficient (Wildman–Crippen LogP) is 3.73. The van der Waals surface area contributed by atoms with Crippen LogP contribution < -0.4 is 0 Å². The van der Waals surface area contributed by atoms with Crippen LogP contribution in [0.4, 0.5) is 0 Å². The Balaban J connectivity index is 1.71. The second-order valence-corrected chi connectivity index (χ2v) is 6.25. The summed E-state index contributed by atoms with van der Waals surface area (Å²) in [4.78, 5) is 4.82. The number of imidazole rings is 1. The maximum absolute atomic E-state index is 4.82. The molecule has 0 saturated heterocycles. The highest BCUT2D eigenvalue weighted by Gasteiger charge is 2.18. The molecule has 5 aromatic rings. The lowest BCUT2D eigenvalue weighted by Crippen LogP contribution is -2.10. The number of hydrogen-bond donors (Lipinski definition) is 0. The third-order valence-corrected chi connectivity index (χ3v) is 4.51. The van der Waals surface area contributed by atoms with Gasteiger partial charge in [0.25, 0.3) is 0 Å². The number of aromatic nitrogens is 6. The van der Waals surface area contributed by atoms with E-state index in [0.717, 1.165) is 16.6 Å². The van der Waals surface area contributed by atoms with Crippen LogP contribution >= 0.6 is 0 Å². The molecule has 2 heterocycles. The molecule has 5 rings (SSSR count). The molecule has 0 spiro atoms. The van der Waals surface area contributed by atoms with Crippen molar-refractivity contribution in [3.05, 3.63) is 90.5 Å². The van der Waals surface area contributed by atoms with Crippen LogP contribution in [-0.2, 0) is 6.54 Å². The van der Waals surface area contributed by atoms with Crippen LogP contribution in [0.25, 0.3) is 28.4 Å². The molecule has 6 heteroatoms. The quantitative estimate of drug-likeness (QED) is 0.494. The molecule has 6 nitrogen and oxygen atoms in total. The molecule has 0 unspecified atom stereocenters. The number of benzene rings is 3. The SMILES string of the molecule is c1ccc(Cn2c(-n3nnnc3-c3ccccc3)nc3ccccc32)cc1. The molecule has 0 aliphatic rings. The number of nitrogens with zero attached hydrogens (tertiary/aromatic N) is 6. The van der Waals surface area contributed by atoms with E-state index in [2.05, 4.69) is 38.3 Å². The van der Waals surface area contributed by atoms with Crippen molar-refractivity contribution < 1.29 is 0 Å². The van der Waals surface area contributed by atoms with E-state index in [4.69, 9.17) is 4.98 Å². The summed E-state index contributed by atoms with van der Waals surface area (Å²) in [5.74, 6) is 1.36. The van der Waals surface area contributed by atoms with Gasteiger partial charge in [-0.25, -0.2) is 4.98 Å². The first-order chi connectivity index (χ1) is 13.4. The van der Waals surface area contributed by atoms with Gasteiger partial charge in [0.1, 0.15) is 0 Å². The monoisotopic (exact) mass is 352 g/mol. The van der Waals surface area contributed by atoms with Crippen LogP contribution in [0.2, 0.25) is 0 Å². The minimum Gasteiger partial charge on any atom is -0.304 e. The fraction of sp³-hybridized carbons (Fsp3) is 0.0476. The molecule has 0 atom stereocenters. The lowest BCUT2D eigenvalue weighted by molar-refractivity contribution is 0.695. The lowest BCUT2D eigenvalue weighted by Gasteiger charge is -2.10. The molecule has 0 aliphatic carbocycles. The van der Waals surface area contributed by atoms with Crippen LogP contribution in [0, 0.1) is 0 Å². The zero-order valence-electron chi connectivity index (χ0n) is 14.5. The van der Waals surface area contributed by atoms with E-state index in [1.807, 2.05) is 66.7 Å². The van der Waals surface area contributed by atoms with Crippen molar-refractivity contribution in [2.24, 2.45) is 0 Å². The van der Waals surface area contributed by atoms with Crippen molar-refractivity contribution in [2.45, 2.75) is 6.54 Å². The highest BCUT2D eigenvalue weighted by molar-refractivity contribution is 5.77. The standard InChI is InChI=1S/C21H16N6/c1-3-9-16(10-4-1)15-26-19-14-8-7-13-18(19)22-21(26)27-20(23-24-25-27)17-11-5-2-6-12-17/h1-14H,15H2. The molecular weight excluding hydrogens is 336 g/mol. The zero-order valence-corrected chi connectivity index (χ0v) is 14.5.